The number of rotatable bonds is 4. The Morgan fingerprint density at radius 2 is 2.17 bits per heavy atom. The van der Waals surface area contributed by atoms with Crippen molar-refractivity contribution in [2.75, 3.05) is 34.0 Å². The van der Waals surface area contributed by atoms with E-state index in [2.05, 4.69) is 17.6 Å². The number of allylic oxidation sites excluding steroid dienone is 1. The summed E-state index contributed by atoms with van der Waals surface area (Å²) in [6, 6.07) is 0. The molecule has 2 fully saturated rings. The molecule has 0 saturated carbocycles. The van der Waals surface area contributed by atoms with Gasteiger partial charge < -0.3 is 14.2 Å². The van der Waals surface area contributed by atoms with Crippen LogP contribution in [0.4, 0.5) is 0 Å². The number of ether oxygens (including phenoxy) is 3. The van der Waals surface area contributed by atoms with Crippen molar-refractivity contribution in [1.29, 1.82) is 0 Å². The molecule has 7 atom stereocenters. The van der Waals surface area contributed by atoms with Gasteiger partial charge in [0.15, 0.2) is 0 Å². The molecule has 0 amide bonds. The Bertz CT molecular complexity index is 501. The van der Waals surface area contributed by atoms with Gasteiger partial charge in [-0.15, -0.1) is 0 Å². The van der Waals surface area contributed by atoms with Gasteiger partial charge in [0.25, 0.3) is 0 Å². The molecule has 0 bridgehead atoms. The number of fused-ring (bicyclic) bond motifs is 1. The molecule has 1 N–H and O–H groups in total. The van der Waals surface area contributed by atoms with E-state index in [1.54, 1.807) is 7.11 Å². The Hall–Kier alpha value is -0.910. The van der Waals surface area contributed by atoms with Gasteiger partial charge in [0.2, 0.25) is 0 Å². The third-order valence-electron chi connectivity index (χ3n) is 6.61. The van der Waals surface area contributed by atoms with Crippen LogP contribution in [0.3, 0.4) is 0 Å². The quantitative estimate of drug-likeness (QED) is 0.857. The largest absolute Gasteiger partial charge is 0.501 e. The highest BCUT2D eigenvalue weighted by Gasteiger charge is 2.45. The zero-order valence-electron chi connectivity index (χ0n) is 14.8. The second kappa shape index (κ2) is 7.14. The first kappa shape index (κ1) is 16.6. The first-order valence-corrected chi connectivity index (χ1v) is 9.42. The molecule has 3 heterocycles. The van der Waals surface area contributed by atoms with E-state index in [9.17, 15) is 0 Å². The molecule has 0 aromatic carbocycles. The molecule has 3 aliphatic heterocycles. The van der Waals surface area contributed by atoms with Crippen LogP contribution in [0.25, 0.3) is 0 Å². The predicted molar refractivity (Wildman–Crippen MR) is 92.9 cm³/mol. The molecule has 5 heteroatoms. The van der Waals surface area contributed by atoms with E-state index >= 15 is 0 Å². The summed E-state index contributed by atoms with van der Waals surface area (Å²) in [4.78, 5) is 4.89. The molecule has 24 heavy (non-hydrogen) atoms. The Kier molecular flexibility index (Phi) is 4.93. The molecule has 0 radical (unpaired) electrons. The lowest BCUT2D eigenvalue weighted by atomic mass is 9.71. The Morgan fingerprint density at radius 3 is 2.92 bits per heavy atom. The highest BCUT2D eigenvalue weighted by Crippen LogP contribution is 2.43. The lowest BCUT2D eigenvalue weighted by molar-refractivity contribution is 0.0313. The summed E-state index contributed by atoms with van der Waals surface area (Å²) in [7, 11) is 3.61. The summed E-state index contributed by atoms with van der Waals surface area (Å²) in [6.07, 6.45) is 9.49. The molecule has 0 aromatic rings. The smallest absolute Gasteiger partial charge is 0.102 e. The van der Waals surface area contributed by atoms with Crippen molar-refractivity contribution in [3.05, 3.63) is 11.8 Å². The van der Waals surface area contributed by atoms with E-state index in [0.29, 0.717) is 35.8 Å². The Morgan fingerprint density at radius 1 is 1.25 bits per heavy atom. The Balaban J connectivity index is 1.51. The minimum atomic E-state index is 0.277. The number of nitrogens with zero attached hydrogens (tertiary/aromatic N) is 1. The van der Waals surface area contributed by atoms with Crippen molar-refractivity contribution in [2.45, 2.75) is 38.0 Å². The number of nitrogens with one attached hydrogen (secondary N) is 1. The van der Waals surface area contributed by atoms with Crippen molar-refractivity contribution in [2.24, 2.45) is 34.6 Å². The number of aliphatic imine (C=N–C) groups is 1. The standard InChI is InChI=1S/C19H30N2O3/c1-22-14-3-4-18(23-2)15(8-14)13-7-16-17(12-5-6-24-11-12)10-21-19(16)20-9-13/h8-9,12-13,15-19,21H,3-7,10-11H2,1-2H3. The van der Waals surface area contributed by atoms with Crippen LogP contribution in [0.2, 0.25) is 0 Å². The summed E-state index contributed by atoms with van der Waals surface area (Å²) in [6.45, 7) is 2.95. The van der Waals surface area contributed by atoms with Crippen LogP contribution in [-0.2, 0) is 14.2 Å². The van der Waals surface area contributed by atoms with E-state index in [0.717, 1.165) is 38.4 Å². The minimum Gasteiger partial charge on any atom is -0.501 e. The van der Waals surface area contributed by atoms with Gasteiger partial charge in [0.1, 0.15) is 6.17 Å². The molecule has 4 aliphatic rings. The second-order valence-corrected chi connectivity index (χ2v) is 7.73. The fourth-order valence-corrected chi connectivity index (χ4v) is 5.23. The van der Waals surface area contributed by atoms with Crippen LogP contribution >= 0.6 is 0 Å². The van der Waals surface area contributed by atoms with Gasteiger partial charge in [-0.3, -0.25) is 10.3 Å². The van der Waals surface area contributed by atoms with Crippen molar-refractivity contribution < 1.29 is 14.2 Å². The van der Waals surface area contributed by atoms with Crippen molar-refractivity contribution in [3.63, 3.8) is 0 Å². The second-order valence-electron chi connectivity index (χ2n) is 7.73. The maximum absolute atomic E-state index is 5.79. The van der Waals surface area contributed by atoms with E-state index < -0.39 is 0 Å². The number of hydrogen-bond donors (Lipinski definition) is 1. The zero-order chi connectivity index (χ0) is 16.5. The maximum Gasteiger partial charge on any atom is 0.102 e. The highest BCUT2D eigenvalue weighted by atomic mass is 16.5. The molecule has 5 nitrogen and oxygen atoms in total. The first-order valence-electron chi connectivity index (χ1n) is 9.42. The fourth-order valence-electron chi connectivity index (χ4n) is 5.23. The van der Waals surface area contributed by atoms with Crippen LogP contribution in [0, 0.1) is 29.6 Å². The molecular weight excluding hydrogens is 304 g/mol. The van der Waals surface area contributed by atoms with Crippen LogP contribution in [0.15, 0.2) is 16.8 Å². The monoisotopic (exact) mass is 334 g/mol. The molecular formula is C19H30N2O3. The van der Waals surface area contributed by atoms with Gasteiger partial charge in [-0.05, 0) is 43.1 Å². The molecule has 1 aliphatic carbocycles. The van der Waals surface area contributed by atoms with Crippen LogP contribution in [0.5, 0.6) is 0 Å². The van der Waals surface area contributed by atoms with Gasteiger partial charge in [0.05, 0.1) is 19.0 Å². The van der Waals surface area contributed by atoms with E-state index in [1.165, 1.54) is 12.8 Å². The van der Waals surface area contributed by atoms with Gasteiger partial charge >= 0.3 is 0 Å². The van der Waals surface area contributed by atoms with Gasteiger partial charge in [-0.2, -0.15) is 0 Å². The van der Waals surface area contributed by atoms with Gasteiger partial charge in [-0.25, -0.2) is 0 Å². The summed E-state index contributed by atoms with van der Waals surface area (Å²) >= 11 is 0. The molecule has 2 saturated heterocycles. The summed E-state index contributed by atoms with van der Waals surface area (Å²) in [5, 5.41) is 3.63. The molecule has 134 valence electrons. The van der Waals surface area contributed by atoms with Crippen molar-refractivity contribution >= 4 is 6.21 Å². The third kappa shape index (κ3) is 3.02. The third-order valence-corrected chi connectivity index (χ3v) is 6.61. The number of hydrogen-bond acceptors (Lipinski definition) is 5. The van der Waals surface area contributed by atoms with Crippen LogP contribution in [-0.4, -0.2) is 52.5 Å². The Labute approximate surface area is 144 Å². The van der Waals surface area contributed by atoms with E-state index in [1.807, 2.05) is 7.11 Å². The molecule has 0 aromatic heterocycles. The minimum absolute atomic E-state index is 0.277. The summed E-state index contributed by atoms with van der Waals surface area (Å²) < 4.78 is 17.0. The first-order chi connectivity index (χ1) is 11.8. The van der Waals surface area contributed by atoms with E-state index in [-0.39, 0.29) is 6.10 Å². The SMILES string of the molecule is COC1=CC(C2C=NC3NCC(C4CCOC4)C3C2)C(OC)CC1. The van der Waals surface area contributed by atoms with E-state index in [4.69, 9.17) is 19.2 Å². The summed E-state index contributed by atoms with van der Waals surface area (Å²) in [5.41, 5.74) is 0. The highest BCUT2D eigenvalue weighted by molar-refractivity contribution is 5.63. The molecule has 0 spiro atoms. The molecule has 7 unspecified atom stereocenters. The normalized spacial score (nSPS) is 45.1. The zero-order valence-corrected chi connectivity index (χ0v) is 14.8. The summed E-state index contributed by atoms with van der Waals surface area (Å²) in [5.74, 6) is 3.97. The van der Waals surface area contributed by atoms with Gasteiger partial charge in [0, 0.05) is 51.3 Å². The lowest BCUT2D eigenvalue weighted by Gasteiger charge is -2.38. The van der Waals surface area contributed by atoms with Crippen LogP contribution in [0.1, 0.15) is 25.7 Å². The van der Waals surface area contributed by atoms with Crippen molar-refractivity contribution in [1.82, 2.24) is 5.32 Å². The van der Waals surface area contributed by atoms with Gasteiger partial charge in [-0.1, -0.05) is 0 Å². The average Bonchev–Trinajstić information content (AvgIpc) is 3.29. The lowest BCUT2D eigenvalue weighted by Crippen LogP contribution is -2.39. The van der Waals surface area contributed by atoms with Crippen molar-refractivity contribution in [3.8, 4) is 0 Å². The maximum atomic E-state index is 5.79. The molecule has 4 rings (SSSR count). The topological polar surface area (TPSA) is 52.1 Å². The average molecular weight is 334 g/mol. The fraction of sp³-hybridized carbons (Fsp3) is 0.842. The number of methoxy groups -OCH3 is 2. The van der Waals surface area contributed by atoms with Crippen LogP contribution < -0.4 is 5.32 Å². The predicted octanol–water partition coefficient (Wildman–Crippen LogP) is 2.23.